The number of amides is 1. The minimum atomic E-state index is -0.426. The number of nitrogens with zero attached hydrogens (tertiary/aromatic N) is 1. The zero-order valence-corrected chi connectivity index (χ0v) is 10.6. The van der Waals surface area contributed by atoms with Crippen molar-refractivity contribution in [2.75, 3.05) is 11.9 Å². The number of nitrogens with one attached hydrogen (secondary N) is 2. The maximum atomic E-state index is 11.6. The molecular weight excluding hydrogens is 265 g/mol. The Balaban J connectivity index is 0.00000128. The number of anilines is 1. The van der Waals surface area contributed by atoms with Gasteiger partial charge in [0, 0.05) is 12.7 Å². The Hall–Kier alpha value is -0.880. The summed E-state index contributed by atoms with van der Waals surface area (Å²) in [5, 5.41) is 14.9. The van der Waals surface area contributed by atoms with Gasteiger partial charge in [0.25, 0.3) is 0 Å². The van der Waals surface area contributed by atoms with E-state index in [9.17, 15) is 9.90 Å². The summed E-state index contributed by atoms with van der Waals surface area (Å²) in [5.74, 6) is 0.385. The largest absolute Gasteiger partial charge is 0.392 e. The van der Waals surface area contributed by atoms with Gasteiger partial charge in [0.15, 0.2) is 0 Å². The molecule has 0 saturated carbocycles. The molecule has 17 heavy (non-hydrogen) atoms. The number of β-amino-alcohol motifs (C(OH)–C–C–N with tert-alkyl or cyclic N) is 1. The van der Waals surface area contributed by atoms with Crippen LogP contribution in [0.25, 0.3) is 0 Å². The highest BCUT2D eigenvalue weighted by molar-refractivity contribution is 5.94. The lowest BCUT2D eigenvalue weighted by Gasteiger charge is -2.09. The fourth-order valence-electron chi connectivity index (χ4n) is 1.57. The molecule has 2 atom stereocenters. The third-order valence-electron chi connectivity index (χ3n) is 2.34. The quantitative estimate of drug-likeness (QED) is 0.741. The van der Waals surface area contributed by atoms with Crippen LogP contribution in [0.2, 0.25) is 0 Å². The molecule has 1 aliphatic rings. The first-order chi connectivity index (χ1) is 7.25. The van der Waals surface area contributed by atoms with E-state index in [1.807, 2.05) is 0 Å². The van der Waals surface area contributed by atoms with Crippen LogP contribution in [0.1, 0.15) is 6.42 Å². The van der Waals surface area contributed by atoms with Gasteiger partial charge in [-0.15, -0.1) is 24.8 Å². The number of carbonyl (C=O) groups is 1. The molecule has 2 unspecified atom stereocenters. The van der Waals surface area contributed by atoms with Gasteiger partial charge in [0.05, 0.1) is 12.1 Å². The maximum Gasteiger partial charge on any atom is 0.242 e. The van der Waals surface area contributed by atoms with E-state index < -0.39 is 6.10 Å². The second-order valence-electron chi connectivity index (χ2n) is 3.55. The lowest BCUT2D eigenvalue weighted by Crippen LogP contribution is -2.35. The number of hydrogen-bond acceptors (Lipinski definition) is 4. The van der Waals surface area contributed by atoms with E-state index >= 15 is 0 Å². The average molecular weight is 280 g/mol. The first-order valence-electron chi connectivity index (χ1n) is 4.89. The Morgan fingerprint density at radius 3 is 2.76 bits per heavy atom. The van der Waals surface area contributed by atoms with E-state index in [0.717, 1.165) is 0 Å². The Kier molecular flexibility index (Phi) is 7.06. The number of halogens is 2. The summed E-state index contributed by atoms with van der Waals surface area (Å²) in [6.45, 7) is 0.473. The molecule has 3 N–H and O–H groups in total. The fraction of sp³-hybridized carbons (Fsp3) is 0.400. The molecule has 1 aliphatic heterocycles. The summed E-state index contributed by atoms with van der Waals surface area (Å²) in [4.78, 5) is 15.6. The van der Waals surface area contributed by atoms with Crippen LogP contribution in [0.5, 0.6) is 0 Å². The summed E-state index contributed by atoms with van der Waals surface area (Å²) in [6.07, 6.45) is 1.65. The van der Waals surface area contributed by atoms with E-state index in [1.165, 1.54) is 0 Å². The highest BCUT2D eigenvalue weighted by Crippen LogP contribution is 2.09. The van der Waals surface area contributed by atoms with Crippen molar-refractivity contribution in [2.24, 2.45) is 0 Å². The van der Waals surface area contributed by atoms with Crippen molar-refractivity contribution in [1.82, 2.24) is 10.3 Å². The average Bonchev–Trinajstić information content (AvgIpc) is 2.66. The molecule has 0 radical (unpaired) electrons. The molecule has 1 saturated heterocycles. The van der Waals surface area contributed by atoms with Gasteiger partial charge < -0.3 is 15.7 Å². The predicted octanol–water partition coefficient (Wildman–Crippen LogP) is 0.586. The van der Waals surface area contributed by atoms with Crippen LogP contribution in [-0.4, -0.2) is 34.7 Å². The van der Waals surface area contributed by atoms with E-state index in [2.05, 4.69) is 15.6 Å². The normalized spacial score (nSPS) is 22.2. The summed E-state index contributed by atoms with van der Waals surface area (Å²) in [5.41, 5.74) is 0. The molecule has 2 rings (SSSR count). The van der Waals surface area contributed by atoms with Gasteiger partial charge in [0.2, 0.25) is 5.91 Å². The van der Waals surface area contributed by atoms with E-state index in [0.29, 0.717) is 18.8 Å². The molecule has 1 amide bonds. The zero-order valence-electron chi connectivity index (χ0n) is 9.00. The summed E-state index contributed by atoms with van der Waals surface area (Å²) in [6, 6.07) is 5.00. The van der Waals surface area contributed by atoms with Crippen LogP contribution in [0.3, 0.4) is 0 Å². The minimum Gasteiger partial charge on any atom is -0.392 e. The van der Waals surface area contributed by atoms with Gasteiger partial charge in [-0.2, -0.15) is 0 Å². The summed E-state index contributed by atoms with van der Waals surface area (Å²) < 4.78 is 0. The van der Waals surface area contributed by atoms with E-state index in [-0.39, 0.29) is 36.8 Å². The third-order valence-corrected chi connectivity index (χ3v) is 2.34. The molecule has 1 aromatic heterocycles. The second-order valence-corrected chi connectivity index (χ2v) is 3.55. The highest BCUT2D eigenvalue weighted by atomic mass is 35.5. The number of carbonyl (C=O) groups excluding carboxylic acids is 1. The molecule has 0 bridgehead atoms. The van der Waals surface area contributed by atoms with Crippen LogP contribution >= 0.6 is 24.8 Å². The molecule has 0 aliphatic carbocycles. The van der Waals surface area contributed by atoms with E-state index in [1.54, 1.807) is 24.4 Å². The van der Waals surface area contributed by atoms with Crippen molar-refractivity contribution >= 4 is 36.5 Å². The molecule has 5 nitrogen and oxygen atoms in total. The van der Waals surface area contributed by atoms with Crippen molar-refractivity contribution in [3.63, 3.8) is 0 Å². The fourth-order valence-corrected chi connectivity index (χ4v) is 1.57. The minimum absolute atomic E-state index is 0. The number of rotatable bonds is 2. The van der Waals surface area contributed by atoms with Crippen LogP contribution in [0, 0.1) is 0 Å². The second kappa shape index (κ2) is 7.45. The Bertz CT molecular complexity index is 351. The Labute approximate surface area is 112 Å². The molecule has 2 heterocycles. The topological polar surface area (TPSA) is 74.2 Å². The van der Waals surface area contributed by atoms with Gasteiger partial charge in [0.1, 0.15) is 5.82 Å². The standard InChI is InChI=1S/C10H13N3O2.2ClH/c14-7-5-8(12-6-7)10(15)13-9-3-1-2-4-11-9;;/h1-4,7-8,12,14H,5-6H2,(H,11,13,15);2*1H. The predicted molar refractivity (Wildman–Crippen MR) is 69.8 cm³/mol. The van der Waals surface area contributed by atoms with Gasteiger partial charge >= 0.3 is 0 Å². The smallest absolute Gasteiger partial charge is 0.242 e. The SMILES string of the molecule is Cl.Cl.O=C(Nc1ccccn1)C1CC(O)CN1. The van der Waals surface area contributed by atoms with Crippen LogP contribution in [-0.2, 0) is 4.79 Å². The third kappa shape index (κ3) is 4.47. The molecular formula is C10H15Cl2N3O2. The highest BCUT2D eigenvalue weighted by Gasteiger charge is 2.27. The molecule has 0 aromatic carbocycles. The van der Waals surface area contributed by atoms with E-state index in [4.69, 9.17) is 0 Å². The molecule has 96 valence electrons. The molecule has 1 aromatic rings. The van der Waals surface area contributed by atoms with Crippen molar-refractivity contribution in [3.8, 4) is 0 Å². The Morgan fingerprint density at radius 2 is 2.24 bits per heavy atom. The summed E-state index contributed by atoms with van der Waals surface area (Å²) >= 11 is 0. The lowest BCUT2D eigenvalue weighted by molar-refractivity contribution is -0.117. The van der Waals surface area contributed by atoms with Gasteiger partial charge in [-0.05, 0) is 18.6 Å². The first-order valence-corrected chi connectivity index (χ1v) is 4.89. The molecule has 7 heteroatoms. The molecule has 1 fully saturated rings. The maximum absolute atomic E-state index is 11.6. The first kappa shape index (κ1) is 16.1. The molecule has 0 spiro atoms. The van der Waals surface area contributed by atoms with Crippen LogP contribution in [0.4, 0.5) is 5.82 Å². The number of aliphatic hydroxyl groups is 1. The lowest BCUT2D eigenvalue weighted by atomic mass is 10.2. The van der Waals surface area contributed by atoms with Gasteiger partial charge in [-0.1, -0.05) is 6.07 Å². The van der Waals surface area contributed by atoms with Gasteiger partial charge in [-0.3, -0.25) is 4.79 Å². The monoisotopic (exact) mass is 279 g/mol. The number of pyridine rings is 1. The van der Waals surface area contributed by atoms with Crippen LogP contribution < -0.4 is 10.6 Å². The van der Waals surface area contributed by atoms with Crippen molar-refractivity contribution in [3.05, 3.63) is 24.4 Å². The number of aliphatic hydroxyl groups excluding tert-OH is 1. The van der Waals surface area contributed by atoms with Crippen molar-refractivity contribution in [1.29, 1.82) is 0 Å². The van der Waals surface area contributed by atoms with Gasteiger partial charge in [-0.25, -0.2) is 4.98 Å². The number of hydrogen-bond donors (Lipinski definition) is 3. The van der Waals surface area contributed by atoms with Crippen molar-refractivity contribution < 1.29 is 9.90 Å². The zero-order chi connectivity index (χ0) is 10.7. The summed E-state index contributed by atoms with van der Waals surface area (Å²) in [7, 11) is 0. The Morgan fingerprint density at radius 1 is 1.47 bits per heavy atom. The number of aromatic nitrogens is 1. The van der Waals surface area contributed by atoms with Crippen LogP contribution in [0.15, 0.2) is 24.4 Å². The van der Waals surface area contributed by atoms with Crippen molar-refractivity contribution in [2.45, 2.75) is 18.6 Å².